The predicted octanol–water partition coefficient (Wildman–Crippen LogP) is 5.28. The molecule has 34 heavy (non-hydrogen) atoms. The van der Waals surface area contributed by atoms with Gasteiger partial charge in [-0.3, -0.25) is 14.5 Å². The number of anilines is 1. The normalized spacial score (nSPS) is 14.6. The summed E-state index contributed by atoms with van der Waals surface area (Å²) >= 11 is 7.96. The molecular weight excluding hydrogens is 486 g/mol. The fourth-order valence-corrected chi connectivity index (χ4v) is 5.39. The van der Waals surface area contributed by atoms with Gasteiger partial charge in [-0.05, 0) is 43.2 Å². The lowest BCUT2D eigenvalue weighted by molar-refractivity contribution is -0.126. The van der Waals surface area contributed by atoms with Crippen molar-refractivity contribution in [2.45, 2.75) is 20.3 Å². The van der Waals surface area contributed by atoms with Gasteiger partial charge in [0.25, 0.3) is 5.91 Å². The van der Waals surface area contributed by atoms with Crippen molar-refractivity contribution in [2.24, 2.45) is 0 Å². The minimum absolute atomic E-state index is 0.155. The van der Waals surface area contributed by atoms with E-state index in [1.54, 1.807) is 12.3 Å². The summed E-state index contributed by atoms with van der Waals surface area (Å²) in [6.07, 6.45) is 4.28. The van der Waals surface area contributed by atoms with Crippen molar-refractivity contribution in [3.63, 3.8) is 0 Å². The first kappa shape index (κ1) is 24.1. The molecule has 2 aromatic carbocycles. The van der Waals surface area contributed by atoms with Gasteiger partial charge in [0, 0.05) is 17.5 Å². The number of thioether (sulfide) groups is 1. The second-order valence-corrected chi connectivity index (χ2v) is 10.4. The van der Waals surface area contributed by atoms with Crippen molar-refractivity contribution in [1.82, 2.24) is 9.88 Å². The number of carbonyl (C=O) groups excluding carboxylic acids is 2. The molecule has 3 aromatic rings. The third-order valence-corrected chi connectivity index (χ3v) is 7.25. The number of benzene rings is 2. The summed E-state index contributed by atoms with van der Waals surface area (Å²) in [6.45, 7) is 4.42. The number of aromatic nitrogens is 1. The number of hydrogen-bond acceptors (Lipinski definition) is 7. The number of rotatable bonds is 8. The number of carbonyl (C=O) groups is 2. The summed E-state index contributed by atoms with van der Waals surface area (Å²) in [5, 5.41) is 3.28. The summed E-state index contributed by atoms with van der Waals surface area (Å²) in [5.41, 5.74) is 3.26. The first-order valence-corrected chi connectivity index (χ1v) is 12.7. The van der Waals surface area contributed by atoms with E-state index in [9.17, 15) is 9.59 Å². The van der Waals surface area contributed by atoms with Crippen molar-refractivity contribution in [1.29, 1.82) is 0 Å². The van der Waals surface area contributed by atoms with Crippen LogP contribution < -0.4 is 10.1 Å². The number of nitrogens with zero attached hydrogens (tertiary/aromatic N) is 2. The monoisotopic (exact) mass is 509 g/mol. The summed E-state index contributed by atoms with van der Waals surface area (Å²) in [4.78, 5) is 32.6. The maximum absolute atomic E-state index is 12.8. The molecule has 174 valence electrons. The van der Waals surface area contributed by atoms with Gasteiger partial charge >= 0.3 is 0 Å². The van der Waals surface area contributed by atoms with E-state index >= 15 is 0 Å². The topological polar surface area (TPSA) is 71.5 Å². The van der Waals surface area contributed by atoms with Crippen LogP contribution in [0.2, 0.25) is 0 Å². The number of nitrogens with one attached hydrogen (secondary N) is 1. The zero-order valence-corrected chi connectivity index (χ0v) is 21.2. The summed E-state index contributed by atoms with van der Waals surface area (Å²) in [6, 6.07) is 15.8. The van der Waals surface area contributed by atoms with Crippen LogP contribution in [0.25, 0.3) is 6.08 Å². The number of hydrogen-bond donors (Lipinski definition) is 1. The molecule has 0 radical (unpaired) electrons. The number of thiocarbonyl (C=S) groups is 1. The Labute approximate surface area is 212 Å². The molecule has 2 amide bonds. The maximum atomic E-state index is 12.8. The van der Waals surface area contributed by atoms with Gasteiger partial charge in [0.05, 0.1) is 11.5 Å². The van der Waals surface area contributed by atoms with Crippen LogP contribution in [-0.2, 0) is 16.0 Å². The molecule has 9 heteroatoms. The first-order chi connectivity index (χ1) is 16.4. The van der Waals surface area contributed by atoms with Gasteiger partial charge in [-0.25, -0.2) is 4.98 Å². The van der Waals surface area contributed by atoms with E-state index in [0.717, 1.165) is 22.6 Å². The fourth-order valence-electron chi connectivity index (χ4n) is 3.27. The Bertz CT molecular complexity index is 1230. The molecule has 1 aliphatic rings. The number of aryl methyl sites for hydroxylation is 1. The van der Waals surface area contributed by atoms with Gasteiger partial charge in [0.1, 0.15) is 16.6 Å². The average molecular weight is 510 g/mol. The van der Waals surface area contributed by atoms with Gasteiger partial charge in [0.15, 0.2) is 5.13 Å². The highest BCUT2D eigenvalue weighted by Crippen LogP contribution is 2.32. The van der Waals surface area contributed by atoms with Crippen molar-refractivity contribution in [3.8, 4) is 5.75 Å². The van der Waals surface area contributed by atoms with Crippen LogP contribution in [0.4, 0.5) is 5.13 Å². The lowest BCUT2D eigenvalue weighted by Crippen LogP contribution is -2.36. The Morgan fingerprint density at radius 2 is 1.91 bits per heavy atom. The third kappa shape index (κ3) is 6.11. The highest BCUT2D eigenvalue weighted by molar-refractivity contribution is 8.26. The van der Waals surface area contributed by atoms with Crippen LogP contribution >= 0.6 is 35.3 Å². The molecule has 6 nitrogen and oxygen atoms in total. The zero-order chi connectivity index (χ0) is 24.1. The maximum Gasteiger partial charge on any atom is 0.266 e. The quantitative estimate of drug-likeness (QED) is 0.329. The van der Waals surface area contributed by atoms with Crippen LogP contribution in [0.3, 0.4) is 0 Å². The third-order valence-electron chi connectivity index (χ3n) is 4.96. The van der Waals surface area contributed by atoms with Crippen LogP contribution in [0.15, 0.2) is 59.6 Å². The molecule has 4 rings (SSSR count). The molecule has 1 aliphatic heterocycles. The molecule has 0 aliphatic carbocycles. The van der Waals surface area contributed by atoms with Gasteiger partial charge in [-0.2, -0.15) is 0 Å². The average Bonchev–Trinajstić information content (AvgIpc) is 3.35. The van der Waals surface area contributed by atoms with Gasteiger partial charge in [-0.15, -0.1) is 11.3 Å². The molecule has 1 N–H and O–H groups in total. The Kier molecular flexibility index (Phi) is 7.77. The smallest absolute Gasteiger partial charge is 0.266 e. The van der Waals surface area contributed by atoms with E-state index in [2.05, 4.69) is 41.5 Å². The standard InChI is InChI=1S/C25H23N3O3S3/c1-3-31-19-10-8-18(9-11-19)13-21-23(30)28(25(32)34-21)15-22(29)27-24-26-14-20(33-24)12-17-6-4-16(2)5-7-17/h4-11,13-14H,3,12,15H2,1-2H3,(H,26,27,29)/b21-13-. The molecular formula is C25H23N3O3S3. The van der Waals surface area contributed by atoms with Crippen molar-refractivity contribution < 1.29 is 14.3 Å². The first-order valence-electron chi connectivity index (χ1n) is 10.7. The molecule has 0 atom stereocenters. The predicted molar refractivity (Wildman–Crippen MR) is 142 cm³/mol. The Balaban J connectivity index is 1.35. The summed E-state index contributed by atoms with van der Waals surface area (Å²) in [5.74, 6) is 0.154. The number of thiazole rings is 1. The number of amides is 2. The Morgan fingerprint density at radius 3 is 2.62 bits per heavy atom. The Morgan fingerprint density at radius 1 is 1.18 bits per heavy atom. The largest absolute Gasteiger partial charge is 0.494 e. The Hall–Kier alpha value is -3.01. The lowest BCUT2D eigenvalue weighted by Gasteiger charge is -2.13. The lowest BCUT2D eigenvalue weighted by atomic mass is 10.1. The van der Waals surface area contributed by atoms with E-state index in [1.807, 2.05) is 31.2 Å². The van der Waals surface area contributed by atoms with E-state index in [4.69, 9.17) is 17.0 Å². The minimum atomic E-state index is -0.338. The highest BCUT2D eigenvalue weighted by atomic mass is 32.2. The molecule has 2 heterocycles. The van der Waals surface area contributed by atoms with E-state index in [0.29, 0.717) is 21.0 Å². The fraction of sp³-hybridized carbons (Fsp3) is 0.200. The molecule has 0 saturated carbocycles. The summed E-state index contributed by atoms with van der Waals surface area (Å²) in [7, 11) is 0. The van der Waals surface area contributed by atoms with Crippen LogP contribution in [0.5, 0.6) is 5.75 Å². The zero-order valence-electron chi connectivity index (χ0n) is 18.7. The van der Waals surface area contributed by atoms with Crippen molar-refractivity contribution in [3.05, 3.63) is 81.2 Å². The minimum Gasteiger partial charge on any atom is -0.494 e. The number of ether oxygens (including phenoxy) is 1. The van der Waals surface area contributed by atoms with E-state index in [-0.39, 0.29) is 18.4 Å². The summed E-state index contributed by atoms with van der Waals surface area (Å²) < 4.78 is 5.80. The second kappa shape index (κ2) is 10.9. The SMILES string of the molecule is CCOc1ccc(/C=C2\SC(=S)N(CC(=O)Nc3ncc(Cc4ccc(C)cc4)s3)C2=O)cc1. The van der Waals surface area contributed by atoms with Crippen LogP contribution in [-0.4, -0.2) is 39.2 Å². The molecule has 1 fully saturated rings. The van der Waals surface area contributed by atoms with Crippen LogP contribution in [0.1, 0.15) is 28.5 Å². The van der Waals surface area contributed by atoms with E-state index in [1.165, 1.54) is 39.1 Å². The van der Waals surface area contributed by atoms with Gasteiger partial charge in [-0.1, -0.05) is 65.9 Å². The molecule has 0 bridgehead atoms. The molecule has 0 spiro atoms. The van der Waals surface area contributed by atoms with Gasteiger partial charge < -0.3 is 10.1 Å². The molecule has 1 aromatic heterocycles. The van der Waals surface area contributed by atoms with Gasteiger partial charge in [0.2, 0.25) is 5.91 Å². The van der Waals surface area contributed by atoms with Crippen LogP contribution in [0, 0.1) is 6.92 Å². The molecule has 1 saturated heterocycles. The van der Waals surface area contributed by atoms with E-state index < -0.39 is 0 Å². The van der Waals surface area contributed by atoms with Crippen molar-refractivity contribution >= 4 is 62.7 Å². The van der Waals surface area contributed by atoms with Crippen molar-refractivity contribution in [2.75, 3.05) is 18.5 Å². The second-order valence-electron chi connectivity index (χ2n) is 7.61. The molecule has 0 unspecified atom stereocenters. The highest BCUT2D eigenvalue weighted by Gasteiger charge is 2.33.